The molecule has 1 saturated heterocycles. The topological polar surface area (TPSA) is 101 Å². The van der Waals surface area contributed by atoms with Crippen molar-refractivity contribution in [2.75, 3.05) is 13.7 Å². The molecule has 2 fully saturated rings. The highest BCUT2D eigenvalue weighted by Crippen LogP contribution is 2.46. The van der Waals surface area contributed by atoms with Crippen LogP contribution >= 0.6 is 0 Å². The van der Waals surface area contributed by atoms with E-state index in [0.717, 1.165) is 29.7 Å². The van der Waals surface area contributed by atoms with Gasteiger partial charge < -0.3 is 20.1 Å². The van der Waals surface area contributed by atoms with Crippen LogP contribution in [0.2, 0.25) is 0 Å². The standard InChI is InChI=1S/C27H32N4O4/c1-30(21-11-6-3-7-12-21)24(32)13-8-16-34-22-14-15-23-19(17-22)18-31(26(28)29-23)27(25(33)35-27)20-9-4-2-5-10-20/h2,4-5,9-10,14-15,17,21H,3,6-8,11-13,16,18H2,1H3,(H2,28,29). The Kier molecular flexibility index (Phi) is 6.36. The highest BCUT2D eigenvalue weighted by molar-refractivity contribution is 5.99. The molecule has 0 bridgehead atoms. The molecule has 2 aliphatic heterocycles. The van der Waals surface area contributed by atoms with E-state index in [0.29, 0.717) is 37.8 Å². The highest BCUT2D eigenvalue weighted by atomic mass is 16.7. The van der Waals surface area contributed by atoms with E-state index < -0.39 is 5.72 Å². The van der Waals surface area contributed by atoms with Gasteiger partial charge in [0.15, 0.2) is 0 Å². The van der Waals surface area contributed by atoms with Crippen LogP contribution in [0, 0.1) is 0 Å². The molecule has 8 nitrogen and oxygen atoms in total. The summed E-state index contributed by atoms with van der Waals surface area (Å²) in [4.78, 5) is 33.1. The summed E-state index contributed by atoms with van der Waals surface area (Å²) in [6.45, 7) is 0.820. The summed E-state index contributed by atoms with van der Waals surface area (Å²) in [5, 5.41) is 0. The second-order valence-electron chi connectivity index (χ2n) is 9.49. The van der Waals surface area contributed by atoms with Gasteiger partial charge in [-0.3, -0.25) is 9.69 Å². The van der Waals surface area contributed by atoms with Crippen molar-refractivity contribution < 1.29 is 19.1 Å². The lowest BCUT2D eigenvalue weighted by molar-refractivity contribution is -0.132. The lowest BCUT2D eigenvalue weighted by Crippen LogP contribution is -2.47. The first kappa shape index (κ1) is 23.2. The number of ether oxygens (including phenoxy) is 2. The molecule has 1 saturated carbocycles. The summed E-state index contributed by atoms with van der Waals surface area (Å²) in [5.41, 5.74) is 7.37. The highest BCUT2D eigenvalue weighted by Gasteiger charge is 2.65. The second-order valence-corrected chi connectivity index (χ2v) is 9.49. The first-order valence-electron chi connectivity index (χ1n) is 12.4. The van der Waals surface area contributed by atoms with Crippen LogP contribution in [-0.4, -0.2) is 47.3 Å². The van der Waals surface area contributed by atoms with Gasteiger partial charge in [0, 0.05) is 30.6 Å². The molecule has 2 N–H and O–H groups in total. The molecule has 2 aromatic carbocycles. The summed E-state index contributed by atoms with van der Waals surface area (Å²) in [5.74, 6) is 0.776. The zero-order valence-electron chi connectivity index (χ0n) is 20.1. The Morgan fingerprint density at radius 1 is 1.20 bits per heavy atom. The van der Waals surface area contributed by atoms with E-state index in [1.807, 2.05) is 60.5 Å². The average Bonchev–Trinajstić information content (AvgIpc) is 3.58. The van der Waals surface area contributed by atoms with E-state index in [2.05, 4.69) is 4.99 Å². The average molecular weight is 477 g/mol. The number of amides is 1. The number of fused-ring (bicyclic) bond motifs is 1. The van der Waals surface area contributed by atoms with Crippen LogP contribution in [0.1, 0.15) is 56.1 Å². The number of hydrogen-bond donors (Lipinski definition) is 1. The van der Waals surface area contributed by atoms with Gasteiger partial charge in [-0.15, -0.1) is 0 Å². The predicted molar refractivity (Wildman–Crippen MR) is 132 cm³/mol. The normalized spacial score (nSPS) is 21.6. The van der Waals surface area contributed by atoms with E-state index in [1.165, 1.54) is 19.3 Å². The van der Waals surface area contributed by atoms with Gasteiger partial charge in [0.25, 0.3) is 0 Å². The lowest BCUT2D eigenvalue weighted by atomic mass is 9.94. The molecule has 0 spiro atoms. The maximum Gasteiger partial charge on any atom is 0.380 e. The lowest BCUT2D eigenvalue weighted by Gasteiger charge is -2.31. The van der Waals surface area contributed by atoms with E-state index in [9.17, 15) is 9.59 Å². The SMILES string of the molecule is CN(C(=O)CCCOc1ccc2c(c1)CN(C1(c3ccccc3)OC1=O)C(N)=N2)C1CCCCC1. The number of cyclic esters (lactones) is 1. The van der Waals surface area contributed by atoms with Crippen molar-refractivity contribution in [2.24, 2.45) is 10.7 Å². The number of hydrogen-bond acceptors (Lipinski definition) is 7. The molecule has 0 radical (unpaired) electrons. The monoisotopic (exact) mass is 476 g/mol. The van der Waals surface area contributed by atoms with E-state index in [4.69, 9.17) is 15.2 Å². The van der Waals surface area contributed by atoms with Gasteiger partial charge in [-0.1, -0.05) is 49.6 Å². The Morgan fingerprint density at radius 3 is 2.66 bits per heavy atom. The van der Waals surface area contributed by atoms with Gasteiger partial charge in [-0.25, -0.2) is 9.79 Å². The summed E-state index contributed by atoms with van der Waals surface area (Å²) < 4.78 is 11.4. The minimum absolute atomic E-state index is 0.187. The minimum atomic E-state index is -1.23. The first-order chi connectivity index (χ1) is 17.0. The number of aliphatic imine (C=N–C) groups is 1. The molecule has 3 aliphatic rings. The molecule has 1 atom stereocenters. The fourth-order valence-corrected chi connectivity index (χ4v) is 5.13. The Morgan fingerprint density at radius 2 is 1.94 bits per heavy atom. The summed E-state index contributed by atoms with van der Waals surface area (Å²) in [7, 11) is 1.93. The van der Waals surface area contributed by atoms with E-state index in [-0.39, 0.29) is 17.8 Å². The summed E-state index contributed by atoms with van der Waals surface area (Å²) in [6.07, 6.45) is 7.06. The van der Waals surface area contributed by atoms with Crippen molar-refractivity contribution in [1.82, 2.24) is 9.80 Å². The largest absolute Gasteiger partial charge is 0.494 e. The van der Waals surface area contributed by atoms with Crippen LogP contribution in [0.3, 0.4) is 0 Å². The molecule has 2 heterocycles. The molecule has 0 aromatic heterocycles. The van der Waals surface area contributed by atoms with Crippen LogP contribution < -0.4 is 10.5 Å². The number of nitrogens with zero attached hydrogens (tertiary/aromatic N) is 3. The van der Waals surface area contributed by atoms with Crippen LogP contribution in [0.25, 0.3) is 0 Å². The van der Waals surface area contributed by atoms with Crippen molar-refractivity contribution in [3.63, 3.8) is 0 Å². The maximum atomic E-state index is 12.6. The number of carbonyl (C=O) groups excluding carboxylic acids is 2. The third-order valence-corrected chi connectivity index (χ3v) is 7.23. The Hall–Kier alpha value is -3.55. The zero-order valence-corrected chi connectivity index (χ0v) is 20.1. The number of rotatable bonds is 8. The molecule has 184 valence electrons. The van der Waals surface area contributed by atoms with E-state index in [1.54, 1.807) is 4.90 Å². The Labute approximate surface area is 205 Å². The molecular weight excluding hydrogens is 444 g/mol. The fourth-order valence-electron chi connectivity index (χ4n) is 5.13. The molecular formula is C27H32N4O4. The van der Waals surface area contributed by atoms with Gasteiger partial charge in [-0.05, 0) is 37.5 Å². The molecule has 1 unspecified atom stereocenters. The van der Waals surface area contributed by atoms with Crippen LogP contribution in [0.5, 0.6) is 5.75 Å². The first-order valence-corrected chi connectivity index (χ1v) is 12.4. The van der Waals surface area contributed by atoms with Crippen LogP contribution in [0.4, 0.5) is 5.69 Å². The molecule has 2 aromatic rings. The smallest absolute Gasteiger partial charge is 0.380 e. The van der Waals surface area contributed by atoms with Crippen LogP contribution in [-0.2, 0) is 26.6 Å². The van der Waals surface area contributed by atoms with Gasteiger partial charge in [0.05, 0.1) is 18.8 Å². The third kappa shape index (κ3) is 4.57. The number of guanidine groups is 1. The van der Waals surface area contributed by atoms with Gasteiger partial charge in [0.2, 0.25) is 11.9 Å². The third-order valence-electron chi connectivity index (χ3n) is 7.23. The Balaban J connectivity index is 1.19. The summed E-state index contributed by atoms with van der Waals surface area (Å²) in [6, 6.07) is 15.3. The van der Waals surface area contributed by atoms with E-state index >= 15 is 0 Å². The van der Waals surface area contributed by atoms with Crippen LogP contribution in [0.15, 0.2) is 53.5 Å². The summed E-state index contributed by atoms with van der Waals surface area (Å²) >= 11 is 0. The van der Waals surface area contributed by atoms with Gasteiger partial charge in [0.1, 0.15) is 5.75 Å². The molecule has 8 heteroatoms. The molecule has 1 aliphatic carbocycles. The zero-order chi connectivity index (χ0) is 24.4. The Bertz CT molecular complexity index is 1130. The van der Waals surface area contributed by atoms with Crippen molar-refractivity contribution >= 4 is 23.5 Å². The van der Waals surface area contributed by atoms with Gasteiger partial charge in [-0.2, -0.15) is 0 Å². The molecule has 1 amide bonds. The molecule has 5 rings (SSSR count). The van der Waals surface area contributed by atoms with Crippen molar-refractivity contribution in [1.29, 1.82) is 0 Å². The number of nitrogens with two attached hydrogens (primary N) is 1. The van der Waals surface area contributed by atoms with Crippen molar-refractivity contribution in [3.8, 4) is 5.75 Å². The predicted octanol–water partition coefficient (Wildman–Crippen LogP) is 3.81. The second kappa shape index (κ2) is 9.60. The van der Waals surface area contributed by atoms with Crippen molar-refractivity contribution in [2.45, 2.75) is 63.3 Å². The fraction of sp³-hybridized carbons (Fsp3) is 0.444. The number of epoxide rings is 1. The quantitative estimate of drug-likeness (QED) is 0.459. The minimum Gasteiger partial charge on any atom is -0.494 e. The van der Waals surface area contributed by atoms with Gasteiger partial charge >= 0.3 is 11.7 Å². The van der Waals surface area contributed by atoms with Crippen molar-refractivity contribution in [3.05, 3.63) is 59.7 Å². The number of carbonyl (C=O) groups is 2. The maximum absolute atomic E-state index is 12.6. The number of benzene rings is 2. The molecule has 35 heavy (non-hydrogen) atoms.